The van der Waals surface area contributed by atoms with Gasteiger partial charge in [-0.3, -0.25) is 9.59 Å². The van der Waals surface area contributed by atoms with Crippen LogP contribution in [0.4, 0.5) is 10.1 Å². The molecule has 1 aliphatic rings. The maximum atomic E-state index is 13.4. The van der Waals surface area contributed by atoms with Crippen LogP contribution in [-0.2, 0) is 9.59 Å². The first-order valence-electron chi connectivity index (χ1n) is 10.2. The standard InChI is InChI=1S/C22H24Cl2FN3O5/c1-28-11-20(33-19-5-2-13(23)8-18(19)28)22(31)26-7-6-14(29)10-27-21(30)12-32-15-3-4-16(24)17(25)9-15/h2-5,8-9,14,20,29H,6-7,10-12H2,1H3,(H,26,31)(H,27,30)/t14-,20?/m0/s1. The Morgan fingerprint density at radius 2 is 2.06 bits per heavy atom. The summed E-state index contributed by atoms with van der Waals surface area (Å²) in [5.41, 5.74) is 0.808. The second-order valence-electron chi connectivity index (χ2n) is 7.50. The fraction of sp³-hybridized carbons (Fsp3) is 0.364. The topological polar surface area (TPSA) is 100 Å². The molecule has 178 valence electrons. The summed E-state index contributed by atoms with van der Waals surface area (Å²) < 4.78 is 24.3. The first kappa shape index (κ1) is 24.9. The summed E-state index contributed by atoms with van der Waals surface area (Å²) in [6.07, 6.45) is -1.35. The predicted molar refractivity (Wildman–Crippen MR) is 123 cm³/mol. The lowest BCUT2D eigenvalue weighted by atomic mass is 10.2. The summed E-state index contributed by atoms with van der Waals surface area (Å²) in [6, 6.07) is 9.03. The largest absolute Gasteiger partial charge is 0.484 e. The van der Waals surface area contributed by atoms with E-state index in [9.17, 15) is 19.1 Å². The van der Waals surface area contributed by atoms with Gasteiger partial charge in [-0.2, -0.15) is 0 Å². The second kappa shape index (κ2) is 11.4. The van der Waals surface area contributed by atoms with Crippen molar-refractivity contribution in [3.63, 3.8) is 0 Å². The van der Waals surface area contributed by atoms with Crippen molar-refractivity contribution in [2.24, 2.45) is 0 Å². The van der Waals surface area contributed by atoms with Crippen LogP contribution >= 0.6 is 23.2 Å². The van der Waals surface area contributed by atoms with Gasteiger partial charge < -0.3 is 30.1 Å². The van der Waals surface area contributed by atoms with Gasteiger partial charge in [0, 0.05) is 31.2 Å². The zero-order valence-electron chi connectivity index (χ0n) is 17.8. The van der Waals surface area contributed by atoms with Gasteiger partial charge in [0.25, 0.3) is 11.8 Å². The minimum absolute atomic E-state index is 0.0240. The molecule has 2 amide bonds. The van der Waals surface area contributed by atoms with Crippen LogP contribution in [0, 0.1) is 5.82 Å². The number of hydrogen-bond acceptors (Lipinski definition) is 6. The number of likely N-dealkylation sites (N-methyl/N-ethyl adjacent to an activating group) is 1. The second-order valence-corrected chi connectivity index (χ2v) is 8.34. The van der Waals surface area contributed by atoms with Crippen LogP contribution in [0.3, 0.4) is 0 Å². The van der Waals surface area contributed by atoms with Crippen molar-refractivity contribution in [2.75, 3.05) is 38.2 Å². The third-order valence-corrected chi connectivity index (χ3v) is 5.45. The lowest BCUT2D eigenvalue weighted by Crippen LogP contribution is -2.48. The van der Waals surface area contributed by atoms with E-state index in [-0.39, 0.29) is 42.8 Å². The average Bonchev–Trinajstić information content (AvgIpc) is 2.78. The number of aliphatic hydroxyl groups excluding tert-OH is 1. The Kier molecular flexibility index (Phi) is 8.60. The van der Waals surface area contributed by atoms with Gasteiger partial charge in [-0.1, -0.05) is 23.2 Å². The third-order valence-electron chi connectivity index (χ3n) is 4.91. The average molecular weight is 500 g/mol. The predicted octanol–water partition coefficient (Wildman–Crippen LogP) is 2.39. The number of carbonyl (C=O) groups is 2. The van der Waals surface area contributed by atoms with Gasteiger partial charge in [0.1, 0.15) is 17.3 Å². The number of benzene rings is 2. The summed E-state index contributed by atoms with van der Waals surface area (Å²) in [5.74, 6) is -0.699. The van der Waals surface area contributed by atoms with E-state index in [2.05, 4.69) is 10.6 Å². The number of nitrogens with zero attached hydrogens (tertiary/aromatic N) is 1. The molecule has 0 aliphatic carbocycles. The zero-order chi connectivity index (χ0) is 24.0. The maximum absolute atomic E-state index is 13.4. The molecule has 1 heterocycles. The molecule has 0 saturated carbocycles. The van der Waals surface area contributed by atoms with E-state index >= 15 is 0 Å². The number of amides is 2. The molecular formula is C22H24Cl2FN3O5. The normalized spacial score (nSPS) is 15.8. The fourth-order valence-corrected chi connectivity index (χ4v) is 3.42. The van der Waals surface area contributed by atoms with Crippen molar-refractivity contribution in [3.05, 3.63) is 52.3 Å². The molecule has 3 rings (SSSR count). The smallest absolute Gasteiger partial charge is 0.262 e. The molecule has 0 fully saturated rings. The van der Waals surface area contributed by atoms with Crippen LogP contribution in [-0.4, -0.2) is 62.4 Å². The number of halogens is 3. The number of fused-ring (bicyclic) bond motifs is 1. The number of rotatable bonds is 9. The van der Waals surface area contributed by atoms with Gasteiger partial charge >= 0.3 is 0 Å². The van der Waals surface area contributed by atoms with Crippen molar-refractivity contribution < 1.29 is 28.6 Å². The summed E-state index contributed by atoms with van der Waals surface area (Å²) in [7, 11) is 1.84. The third kappa shape index (κ3) is 7.12. The molecule has 0 saturated heterocycles. The molecule has 11 heteroatoms. The molecule has 2 aromatic carbocycles. The molecule has 2 aromatic rings. The van der Waals surface area contributed by atoms with Crippen molar-refractivity contribution in [1.29, 1.82) is 0 Å². The molecule has 2 atom stereocenters. The Bertz CT molecular complexity index is 1010. The number of ether oxygens (including phenoxy) is 2. The van der Waals surface area contributed by atoms with E-state index < -0.39 is 23.9 Å². The van der Waals surface area contributed by atoms with E-state index in [4.69, 9.17) is 32.7 Å². The number of nitrogens with one attached hydrogen (secondary N) is 2. The first-order valence-corrected chi connectivity index (χ1v) is 11.0. The summed E-state index contributed by atoms with van der Waals surface area (Å²) >= 11 is 11.6. The van der Waals surface area contributed by atoms with Crippen molar-refractivity contribution in [1.82, 2.24) is 10.6 Å². The highest BCUT2D eigenvalue weighted by molar-refractivity contribution is 6.31. The molecule has 0 bridgehead atoms. The van der Waals surface area contributed by atoms with Gasteiger partial charge in [-0.15, -0.1) is 0 Å². The van der Waals surface area contributed by atoms with Gasteiger partial charge in [0.05, 0.1) is 23.4 Å². The van der Waals surface area contributed by atoms with Crippen LogP contribution in [0.1, 0.15) is 6.42 Å². The van der Waals surface area contributed by atoms with Crippen LogP contribution < -0.4 is 25.0 Å². The number of hydrogen-bond donors (Lipinski definition) is 3. The lowest BCUT2D eigenvalue weighted by molar-refractivity contribution is -0.128. The van der Waals surface area contributed by atoms with Crippen molar-refractivity contribution in [3.8, 4) is 11.5 Å². The molecule has 1 unspecified atom stereocenters. The molecule has 33 heavy (non-hydrogen) atoms. The molecular weight excluding hydrogens is 476 g/mol. The van der Waals surface area contributed by atoms with Gasteiger partial charge in [-0.25, -0.2) is 4.39 Å². The van der Waals surface area contributed by atoms with Gasteiger partial charge in [0.2, 0.25) is 0 Å². The Morgan fingerprint density at radius 3 is 2.82 bits per heavy atom. The van der Waals surface area contributed by atoms with E-state index in [1.165, 1.54) is 12.1 Å². The summed E-state index contributed by atoms with van der Waals surface area (Å²) in [4.78, 5) is 26.2. The van der Waals surface area contributed by atoms with Crippen molar-refractivity contribution in [2.45, 2.75) is 18.6 Å². The SMILES string of the molecule is CN1CC(C(=O)NCC[C@H](O)CNC(=O)COc2ccc(Cl)c(F)c2)Oc2ccc(Cl)cc21. The molecule has 3 N–H and O–H groups in total. The quantitative estimate of drug-likeness (QED) is 0.489. The minimum Gasteiger partial charge on any atom is -0.484 e. The zero-order valence-corrected chi connectivity index (χ0v) is 19.3. The van der Waals surface area contributed by atoms with E-state index in [1.807, 2.05) is 11.9 Å². The van der Waals surface area contributed by atoms with Crippen LogP contribution in [0.2, 0.25) is 10.0 Å². The molecule has 1 aliphatic heterocycles. The number of aliphatic hydroxyl groups is 1. The fourth-order valence-electron chi connectivity index (χ4n) is 3.14. The van der Waals surface area contributed by atoms with Crippen molar-refractivity contribution >= 4 is 40.7 Å². The molecule has 0 aromatic heterocycles. The molecule has 8 nitrogen and oxygen atoms in total. The Morgan fingerprint density at radius 1 is 1.27 bits per heavy atom. The Labute approximate surface area is 200 Å². The van der Waals surface area contributed by atoms with E-state index in [0.29, 0.717) is 17.3 Å². The Hall–Kier alpha value is -2.75. The lowest BCUT2D eigenvalue weighted by Gasteiger charge is -2.33. The van der Waals surface area contributed by atoms with Gasteiger partial charge in [-0.05, 0) is 36.8 Å². The highest BCUT2D eigenvalue weighted by Gasteiger charge is 2.29. The summed E-state index contributed by atoms with van der Waals surface area (Å²) in [6.45, 7) is 0.191. The van der Waals surface area contributed by atoms with E-state index in [0.717, 1.165) is 11.8 Å². The first-order chi connectivity index (χ1) is 15.7. The van der Waals surface area contributed by atoms with E-state index in [1.54, 1.807) is 18.2 Å². The summed E-state index contributed by atoms with van der Waals surface area (Å²) in [5, 5.41) is 15.8. The maximum Gasteiger partial charge on any atom is 0.262 e. The van der Waals surface area contributed by atoms with Crippen LogP contribution in [0.15, 0.2) is 36.4 Å². The highest BCUT2D eigenvalue weighted by atomic mass is 35.5. The monoisotopic (exact) mass is 499 g/mol. The Balaban J connectivity index is 1.34. The van der Waals surface area contributed by atoms with Gasteiger partial charge in [0.15, 0.2) is 12.7 Å². The minimum atomic E-state index is -0.875. The highest BCUT2D eigenvalue weighted by Crippen LogP contribution is 2.34. The van der Waals surface area contributed by atoms with Crippen LogP contribution in [0.25, 0.3) is 0 Å². The van der Waals surface area contributed by atoms with Crippen LogP contribution in [0.5, 0.6) is 11.5 Å². The number of anilines is 1. The number of carbonyl (C=O) groups excluding carboxylic acids is 2. The molecule has 0 radical (unpaired) electrons. The molecule has 0 spiro atoms.